The van der Waals surface area contributed by atoms with Gasteiger partial charge in [0.05, 0.1) is 17.5 Å². The molecule has 1 saturated heterocycles. The van der Waals surface area contributed by atoms with Crippen LogP contribution in [-0.4, -0.2) is 51.9 Å². The van der Waals surface area contributed by atoms with E-state index in [1.807, 2.05) is 12.2 Å². The smallest absolute Gasteiger partial charge is 0.259 e. The van der Waals surface area contributed by atoms with E-state index < -0.39 is 23.8 Å². The van der Waals surface area contributed by atoms with Gasteiger partial charge in [-0.05, 0) is 91.6 Å². The highest BCUT2D eigenvalue weighted by molar-refractivity contribution is 6.27. The van der Waals surface area contributed by atoms with Crippen LogP contribution in [0.3, 0.4) is 0 Å². The SMILES string of the molecule is CC[C@H]1[C@@H]2[C@H](Cl)[C@@H](O)[C@H]3[C@H](C[C@H]4C=CC(O)=C5C(=O)N[C@H](CCCNC(=O)C=CC[C@H]34)C5=O)[C@H]2C[C@H]1C. The molecule has 11 atom stereocenters. The summed E-state index contributed by atoms with van der Waals surface area (Å²) in [6, 6.07) is -0.691. The van der Waals surface area contributed by atoms with Gasteiger partial charge >= 0.3 is 0 Å². The number of carbonyl (C=O) groups is 3. The van der Waals surface area contributed by atoms with Crippen LogP contribution in [0.15, 0.2) is 35.6 Å². The molecule has 3 aliphatic carbocycles. The van der Waals surface area contributed by atoms with E-state index in [4.69, 9.17) is 11.6 Å². The molecule has 8 heteroatoms. The molecule has 2 aliphatic heterocycles. The Morgan fingerprint density at radius 3 is 2.59 bits per heavy atom. The lowest BCUT2D eigenvalue weighted by Gasteiger charge is -2.46. The highest BCUT2D eigenvalue weighted by Crippen LogP contribution is 2.62. The summed E-state index contributed by atoms with van der Waals surface area (Å²) in [5, 5.41) is 27.5. The molecule has 4 N–H and O–H groups in total. The maximum absolute atomic E-state index is 12.8. The number of fused-ring (bicyclic) bond motifs is 7. The molecule has 0 aromatic rings. The highest BCUT2D eigenvalue weighted by Gasteiger charge is 2.60. The van der Waals surface area contributed by atoms with Crippen molar-refractivity contribution in [2.24, 2.45) is 47.3 Å². The fourth-order valence-corrected chi connectivity index (χ4v) is 9.05. The van der Waals surface area contributed by atoms with Crippen molar-refractivity contribution in [1.29, 1.82) is 0 Å². The topological polar surface area (TPSA) is 116 Å². The first kappa shape index (κ1) is 26.5. The number of alkyl halides is 1. The molecular weight excluding hydrogens is 492 g/mol. The number of aliphatic hydroxyl groups is 2. The maximum Gasteiger partial charge on any atom is 0.259 e. The molecule has 0 unspecified atom stereocenters. The first-order valence-corrected chi connectivity index (χ1v) is 14.4. The third-order valence-electron chi connectivity index (χ3n) is 10.1. The summed E-state index contributed by atoms with van der Waals surface area (Å²) in [4.78, 5) is 37.7. The number of hydrogen-bond donors (Lipinski definition) is 4. The number of rotatable bonds is 1. The predicted octanol–water partition coefficient (Wildman–Crippen LogP) is 3.43. The molecule has 4 fully saturated rings. The average Bonchev–Trinajstić information content (AvgIpc) is 3.48. The van der Waals surface area contributed by atoms with E-state index >= 15 is 0 Å². The second-order valence-electron chi connectivity index (χ2n) is 11.8. The van der Waals surface area contributed by atoms with E-state index in [0.29, 0.717) is 49.5 Å². The van der Waals surface area contributed by atoms with Crippen LogP contribution in [0.25, 0.3) is 0 Å². The minimum Gasteiger partial charge on any atom is -0.507 e. The largest absolute Gasteiger partial charge is 0.507 e. The van der Waals surface area contributed by atoms with Crippen molar-refractivity contribution in [2.45, 2.75) is 69.9 Å². The van der Waals surface area contributed by atoms with Crippen molar-refractivity contribution >= 4 is 29.2 Å². The van der Waals surface area contributed by atoms with Gasteiger partial charge in [0.15, 0.2) is 5.78 Å². The van der Waals surface area contributed by atoms with Gasteiger partial charge in [-0.15, -0.1) is 11.6 Å². The zero-order valence-corrected chi connectivity index (χ0v) is 22.4. The summed E-state index contributed by atoms with van der Waals surface area (Å²) in [6.07, 6.45) is 10.7. The van der Waals surface area contributed by atoms with Gasteiger partial charge < -0.3 is 20.8 Å². The number of Topliss-reactive ketones (excluding diaryl/α,β-unsaturated/α-hetero) is 1. The summed E-state index contributed by atoms with van der Waals surface area (Å²) in [7, 11) is 0. The minimum atomic E-state index is -0.691. The average molecular weight is 531 g/mol. The number of aliphatic hydroxyl groups excluding tert-OH is 2. The number of amides is 2. The molecule has 0 spiro atoms. The lowest BCUT2D eigenvalue weighted by atomic mass is 9.63. The van der Waals surface area contributed by atoms with Gasteiger partial charge in [0, 0.05) is 6.54 Å². The molecule has 0 aromatic heterocycles. The highest BCUT2D eigenvalue weighted by atomic mass is 35.5. The van der Waals surface area contributed by atoms with Crippen LogP contribution >= 0.6 is 11.6 Å². The molecule has 3 saturated carbocycles. The van der Waals surface area contributed by atoms with Gasteiger partial charge in [-0.1, -0.05) is 32.4 Å². The molecule has 7 nitrogen and oxygen atoms in total. The van der Waals surface area contributed by atoms with E-state index in [9.17, 15) is 24.6 Å². The molecule has 2 heterocycles. The van der Waals surface area contributed by atoms with Crippen molar-refractivity contribution in [3.63, 3.8) is 0 Å². The van der Waals surface area contributed by atoms with E-state index in [0.717, 1.165) is 19.3 Å². The van der Waals surface area contributed by atoms with Gasteiger partial charge in [0.25, 0.3) is 5.91 Å². The monoisotopic (exact) mass is 530 g/mol. The van der Waals surface area contributed by atoms with Crippen molar-refractivity contribution in [3.05, 3.63) is 35.6 Å². The van der Waals surface area contributed by atoms with Gasteiger partial charge in [0.1, 0.15) is 11.3 Å². The predicted molar refractivity (Wildman–Crippen MR) is 140 cm³/mol. The third-order valence-corrected chi connectivity index (χ3v) is 10.6. The van der Waals surface area contributed by atoms with Crippen LogP contribution in [0.4, 0.5) is 0 Å². The number of nitrogens with one attached hydrogen (secondary N) is 2. The van der Waals surface area contributed by atoms with Crippen molar-refractivity contribution in [3.8, 4) is 0 Å². The second-order valence-corrected chi connectivity index (χ2v) is 12.4. The number of allylic oxidation sites excluding steroid dienone is 3. The molecule has 0 aromatic carbocycles. The Hall–Kier alpha value is -2.12. The maximum atomic E-state index is 12.8. The van der Waals surface area contributed by atoms with Crippen LogP contribution < -0.4 is 10.6 Å². The van der Waals surface area contributed by atoms with Crippen molar-refractivity contribution in [1.82, 2.24) is 10.6 Å². The lowest BCUT2D eigenvalue weighted by molar-refractivity contribution is -0.118. The molecule has 5 aliphatic rings. The quantitative estimate of drug-likeness (QED) is 0.306. The van der Waals surface area contributed by atoms with Gasteiger partial charge in [-0.25, -0.2) is 0 Å². The summed E-state index contributed by atoms with van der Waals surface area (Å²) >= 11 is 7.00. The molecule has 37 heavy (non-hydrogen) atoms. The Labute approximate surface area is 223 Å². The van der Waals surface area contributed by atoms with Crippen LogP contribution in [0.5, 0.6) is 0 Å². The number of ketones is 1. The second kappa shape index (κ2) is 10.6. The summed E-state index contributed by atoms with van der Waals surface area (Å²) in [6.45, 7) is 4.90. The fraction of sp³-hybridized carbons (Fsp3) is 0.690. The Morgan fingerprint density at radius 1 is 1.08 bits per heavy atom. The van der Waals surface area contributed by atoms with Gasteiger partial charge in [-0.2, -0.15) is 0 Å². The lowest BCUT2D eigenvalue weighted by Crippen LogP contribution is -2.50. The van der Waals surface area contributed by atoms with Crippen molar-refractivity contribution in [2.75, 3.05) is 6.54 Å². The number of halogens is 1. The normalized spacial score (nSPS) is 44.3. The first-order valence-electron chi connectivity index (χ1n) is 14.0. The molecule has 202 valence electrons. The minimum absolute atomic E-state index is 0.0108. The van der Waals surface area contributed by atoms with Crippen molar-refractivity contribution < 1.29 is 24.6 Å². The van der Waals surface area contributed by atoms with Crippen LogP contribution in [0.2, 0.25) is 0 Å². The molecule has 2 amide bonds. The fourth-order valence-electron chi connectivity index (χ4n) is 8.51. The van der Waals surface area contributed by atoms with Gasteiger partial charge in [-0.3, -0.25) is 14.4 Å². The molecular formula is C29H39ClN2O5. The number of hydrogen-bond acceptors (Lipinski definition) is 5. The van der Waals surface area contributed by atoms with Crippen LogP contribution in [-0.2, 0) is 14.4 Å². The standard InChI is InChI=1S/C29H39ClN2O5/c1-3-16-14(2)12-18-19-13-15-9-10-21(33)25-27(35)20(32-29(25)37)7-5-11-31-22(34)8-4-6-17(15)24(19)28(36)26(30)23(16)18/h4,8-10,14-20,23-24,26,28,33,36H,3,5-7,11-13H2,1-2H3,(H,31,34)(H,32,37)/t14-,15-,16-,17+,18-,19-,20-,23+,24-,26+,28+/m1/s1. The Kier molecular flexibility index (Phi) is 7.56. The van der Waals surface area contributed by atoms with E-state index in [1.165, 1.54) is 6.08 Å². The summed E-state index contributed by atoms with van der Waals surface area (Å²) < 4.78 is 0. The molecule has 5 rings (SSSR count). The van der Waals surface area contributed by atoms with E-state index in [-0.39, 0.29) is 46.3 Å². The zero-order chi connectivity index (χ0) is 26.4. The first-order chi connectivity index (χ1) is 17.7. The van der Waals surface area contributed by atoms with Crippen LogP contribution in [0.1, 0.15) is 52.4 Å². The zero-order valence-electron chi connectivity index (χ0n) is 21.6. The Bertz CT molecular complexity index is 1040. The Balaban J connectivity index is 1.49. The number of carbonyl (C=O) groups excluding carboxylic acids is 3. The van der Waals surface area contributed by atoms with E-state index in [2.05, 4.69) is 24.5 Å². The summed E-state index contributed by atoms with van der Waals surface area (Å²) in [5.41, 5.74) is -0.194. The molecule has 2 bridgehead atoms. The van der Waals surface area contributed by atoms with E-state index in [1.54, 1.807) is 6.08 Å². The molecule has 0 radical (unpaired) electrons. The van der Waals surface area contributed by atoms with Crippen LogP contribution in [0, 0.1) is 47.3 Å². The summed E-state index contributed by atoms with van der Waals surface area (Å²) in [5.74, 6) is 0.670. The Morgan fingerprint density at radius 2 is 1.84 bits per heavy atom. The third kappa shape index (κ3) is 4.67. The van der Waals surface area contributed by atoms with Gasteiger partial charge in [0.2, 0.25) is 5.91 Å².